The van der Waals surface area contributed by atoms with E-state index in [-0.39, 0.29) is 5.92 Å². The number of benzene rings is 9. The SMILES string of the molecule is c1ccc(-c2ccc3c(c2)-c2ccccc2C3c2cccc(-c3ccccc3-n3c4ccccc4c4cc(-n5c6ccccc6c6ccccc65)ccc43)c2)cc1. The van der Waals surface area contributed by atoms with E-state index in [9.17, 15) is 0 Å². The number of nitrogens with zero attached hydrogens (tertiary/aromatic N) is 2. The molecule has 1 aliphatic carbocycles. The molecule has 1 atom stereocenters. The van der Waals surface area contributed by atoms with Crippen molar-refractivity contribution < 1.29 is 0 Å². The Kier molecular flexibility index (Phi) is 7.02. The molecule has 2 aromatic heterocycles. The van der Waals surface area contributed by atoms with Crippen molar-refractivity contribution in [2.24, 2.45) is 0 Å². The standard InChI is InChI=1S/C55H36N2/c1-2-15-36(16-3-1)37-29-31-47-48(34-37)42-20-4-5-24-46(42)55(47)39-18-14-17-38(33-39)41-19-6-10-25-50(41)57-53-28-13-9-23-45(53)49-35-40(30-32-54(49)57)56-51-26-11-7-21-43(51)44-22-8-12-27-52(44)56/h1-35,55H. The number of fused-ring (bicyclic) bond motifs is 9. The van der Waals surface area contributed by atoms with Crippen LogP contribution in [0.3, 0.4) is 0 Å². The molecule has 57 heavy (non-hydrogen) atoms. The van der Waals surface area contributed by atoms with Crippen LogP contribution in [-0.4, -0.2) is 9.13 Å². The zero-order valence-electron chi connectivity index (χ0n) is 31.2. The summed E-state index contributed by atoms with van der Waals surface area (Å²) in [4.78, 5) is 0. The molecule has 0 amide bonds. The van der Waals surface area contributed by atoms with Gasteiger partial charge in [0.2, 0.25) is 0 Å². The van der Waals surface area contributed by atoms with Crippen LogP contribution in [0.5, 0.6) is 0 Å². The second-order valence-corrected chi connectivity index (χ2v) is 15.3. The lowest BCUT2D eigenvalue weighted by Crippen LogP contribution is -2.01. The highest BCUT2D eigenvalue weighted by Crippen LogP contribution is 2.50. The quantitative estimate of drug-likeness (QED) is 0.167. The molecular weight excluding hydrogens is 689 g/mol. The van der Waals surface area contributed by atoms with Crippen LogP contribution >= 0.6 is 0 Å². The maximum absolute atomic E-state index is 2.47. The van der Waals surface area contributed by atoms with Crippen molar-refractivity contribution in [1.82, 2.24) is 9.13 Å². The topological polar surface area (TPSA) is 9.86 Å². The van der Waals surface area contributed by atoms with E-state index in [1.807, 2.05) is 0 Å². The molecule has 0 aliphatic heterocycles. The molecule has 0 radical (unpaired) electrons. The smallest absolute Gasteiger partial charge is 0.0542 e. The molecule has 0 fully saturated rings. The van der Waals surface area contributed by atoms with Gasteiger partial charge in [0.1, 0.15) is 0 Å². The molecular formula is C55H36N2. The minimum atomic E-state index is 0.153. The number of aromatic nitrogens is 2. The molecule has 2 heterocycles. The lowest BCUT2D eigenvalue weighted by atomic mass is 9.87. The van der Waals surface area contributed by atoms with Gasteiger partial charge < -0.3 is 9.13 Å². The van der Waals surface area contributed by atoms with Gasteiger partial charge >= 0.3 is 0 Å². The Morgan fingerprint density at radius 3 is 1.65 bits per heavy atom. The van der Waals surface area contributed by atoms with Crippen molar-refractivity contribution in [3.8, 4) is 44.8 Å². The van der Waals surface area contributed by atoms with Crippen LogP contribution in [0.2, 0.25) is 0 Å². The summed E-state index contributed by atoms with van der Waals surface area (Å²) in [7, 11) is 0. The van der Waals surface area contributed by atoms with Crippen molar-refractivity contribution in [3.05, 3.63) is 229 Å². The van der Waals surface area contributed by atoms with Gasteiger partial charge in [-0.25, -0.2) is 0 Å². The lowest BCUT2D eigenvalue weighted by molar-refractivity contribution is 1.02. The zero-order valence-corrected chi connectivity index (χ0v) is 31.2. The van der Waals surface area contributed by atoms with Crippen LogP contribution in [0.4, 0.5) is 0 Å². The van der Waals surface area contributed by atoms with Gasteiger partial charge in [-0.3, -0.25) is 0 Å². The molecule has 0 saturated carbocycles. The molecule has 0 spiro atoms. The minimum Gasteiger partial charge on any atom is -0.309 e. The highest BCUT2D eigenvalue weighted by molar-refractivity contribution is 6.12. The highest BCUT2D eigenvalue weighted by Gasteiger charge is 2.30. The fourth-order valence-electron chi connectivity index (χ4n) is 9.73. The van der Waals surface area contributed by atoms with Crippen LogP contribution in [0, 0.1) is 0 Å². The zero-order chi connectivity index (χ0) is 37.5. The first kappa shape index (κ1) is 31.9. The van der Waals surface area contributed by atoms with Gasteiger partial charge in [-0.2, -0.15) is 0 Å². The second-order valence-electron chi connectivity index (χ2n) is 15.3. The van der Waals surface area contributed by atoms with Gasteiger partial charge in [0.05, 0.1) is 27.8 Å². The molecule has 0 bridgehead atoms. The summed E-state index contributed by atoms with van der Waals surface area (Å²) in [6.45, 7) is 0. The minimum absolute atomic E-state index is 0.153. The van der Waals surface area contributed by atoms with Gasteiger partial charge in [-0.05, 0) is 93.0 Å². The van der Waals surface area contributed by atoms with Gasteiger partial charge in [0.25, 0.3) is 0 Å². The van der Waals surface area contributed by atoms with Crippen molar-refractivity contribution in [2.75, 3.05) is 0 Å². The molecule has 2 nitrogen and oxygen atoms in total. The Labute approximate surface area is 331 Å². The first-order valence-electron chi connectivity index (χ1n) is 19.8. The third kappa shape index (κ3) is 4.84. The van der Waals surface area contributed by atoms with Gasteiger partial charge in [-0.1, -0.05) is 164 Å². The fourth-order valence-corrected chi connectivity index (χ4v) is 9.73. The van der Waals surface area contributed by atoms with Crippen LogP contribution < -0.4 is 0 Å². The number of hydrogen-bond acceptors (Lipinski definition) is 0. The van der Waals surface area contributed by atoms with E-state index in [0.29, 0.717) is 0 Å². The maximum atomic E-state index is 2.47. The molecule has 12 rings (SSSR count). The van der Waals surface area contributed by atoms with E-state index in [4.69, 9.17) is 0 Å². The van der Waals surface area contributed by atoms with E-state index in [2.05, 4.69) is 221 Å². The maximum Gasteiger partial charge on any atom is 0.0542 e. The average molecular weight is 725 g/mol. The summed E-state index contributed by atoms with van der Waals surface area (Å²) in [6, 6.07) is 78.2. The van der Waals surface area contributed by atoms with Gasteiger partial charge in [-0.15, -0.1) is 0 Å². The number of rotatable bonds is 5. The molecule has 1 aliphatic rings. The number of hydrogen-bond donors (Lipinski definition) is 0. The molecule has 11 aromatic rings. The summed E-state index contributed by atoms with van der Waals surface area (Å²) in [5, 5.41) is 5.02. The van der Waals surface area contributed by atoms with Crippen LogP contribution in [0.1, 0.15) is 22.6 Å². The normalized spacial score (nSPS) is 13.4. The Morgan fingerprint density at radius 1 is 0.298 bits per heavy atom. The van der Waals surface area contributed by atoms with Crippen LogP contribution in [0.25, 0.3) is 88.4 Å². The van der Waals surface area contributed by atoms with E-state index in [1.54, 1.807) is 0 Å². The summed E-state index contributed by atoms with van der Waals surface area (Å²) in [5.41, 5.74) is 18.8. The van der Waals surface area contributed by atoms with Crippen LogP contribution in [-0.2, 0) is 0 Å². The first-order valence-corrected chi connectivity index (χ1v) is 19.8. The fraction of sp³-hybridized carbons (Fsp3) is 0.0182. The predicted octanol–water partition coefficient (Wildman–Crippen LogP) is 14.4. The van der Waals surface area contributed by atoms with E-state index in [0.717, 1.165) is 5.69 Å². The van der Waals surface area contributed by atoms with Crippen LogP contribution in [0.15, 0.2) is 212 Å². The molecule has 0 saturated heterocycles. The predicted molar refractivity (Wildman–Crippen MR) is 239 cm³/mol. The Hall–Kier alpha value is -7.42. The first-order chi connectivity index (χ1) is 28.3. The highest BCUT2D eigenvalue weighted by atomic mass is 15.0. The van der Waals surface area contributed by atoms with Gasteiger partial charge in [0.15, 0.2) is 0 Å². The Morgan fingerprint density at radius 2 is 0.877 bits per heavy atom. The summed E-state index contributed by atoms with van der Waals surface area (Å²) in [5.74, 6) is 0.153. The average Bonchev–Trinajstić information content (AvgIpc) is 3.92. The van der Waals surface area contributed by atoms with E-state index < -0.39 is 0 Å². The van der Waals surface area contributed by atoms with E-state index >= 15 is 0 Å². The van der Waals surface area contributed by atoms with Crippen molar-refractivity contribution in [2.45, 2.75) is 5.92 Å². The van der Waals surface area contributed by atoms with Gasteiger partial charge in [0, 0.05) is 38.7 Å². The molecule has 9 aromatic carbocycles. The molecule has 0 N–H and O–H groups in total. The Balaban J connectivity index is 1.01. The monoisotopic (exact) mass is 724 g/mol. The summed E-state index contributed by atoms with van der Waals surface area (Å²) in [6.07, 6.45) is 0. The summed E-state index contributed by atoms with van der Waals surface area (Å²) >= 11 is 0. The van der Waals surface area contributed by atoms with E-state index in [1.165, 1.54) is 99.4 Å². The second kappa shape index (κ2) is 12.6. The Bertz CT molecular complexity index is 3310. The van der Waals surface area contributed by atoms with Crippen molar-refractivity contribution in [3.63, 3.8) is 0 Å². The third-order valence-electron chi connectivity index (χ3n) is 12.2. The number of para-hydroxylation sites is 4. The molecule has 2 heteroatoms. The summed E-state index contributed by atoms with van der Waals surface area (Å²) < 4.78 is 4.88. The van der Waals surface area contributed by atoms with Crippen molar-refractivity contribution >= 4 is 43.6 Å². The van der Waals surface area contributed by atoms with Crippen molar-refractivity contribution in [1.29, 1.82) is 0 Å². The lowest BCUT2D eigenvalue weighted by Gasteiger charge is -2.18. The third-order valence-corrected chi connectivity index (χ3v) is 12.2. The molecule has 1 unspecified atom stereocenters. The molecule has 266 valence electrons. The largest absolute Gasteiger partial charge is 0.309 e.